The van der Waals surface area contributed by atoms with Crippen LogP contribution in [0.15, 0.2) is 60.0 Å². The molecule has 0 atom stereocenters. The van der Waals surface area contributed by atoms with E-state index in [1.807, 2.05) is 19.1 Å². The lowest BCUT2D eigenvalue weighted by molar-refractivity contribution is 1.61. The van der Waals surface area contributed by atoms with Gasteiger partial charge in [0, 0.05) is 4.88 Å². The summed E-state index contributed by atoms with van der Waals surface area (Å²) in [7, 11) is 0. The van der Waals surface area contributed by atoms with E-state index in [-0.39, 0.29) is 0 Å². The molecule has 1 heterocycles. The van der Waals surface area contributed by atoms with E-state index in [1.165, 1.54) is 10.5 Å². The van der Waals surface area contributed by atoms with Gasteiger partial charge in [-0.2, -0.15) is 0 Å². The molecule has 1 aromatic rings. The Bertz CT molecular complexity index is 351. The Labute approximate surface area is 89.6 Å². The molecular weight excluding hydrogens is 188 g/mol. The van der Waals surface area contributed by atoms with E-state index in [0.717, 1.165) is 0 Å². The maximum absolute atomic E-state index is 3.64. The van der Waals surface area contributed by atoms with Gasteiger partial charge in [-0.15, -0.1) is 11.3 Å². The molecular formula is C13H14S. The van der Waals surface area contributed by atoms with E-state index < -0.39 is 0 Å². The summed E-state index contributed by atoms with van der Waals surface area (Å²) in [5, 5.41) is 2.08. The molecule has 1 rings (SSSR count). The van der Waals surface area contributed by atoms with E-state index in [1.54, 1.807) is 17.4 Å². The number of thiophene rings is 1. The van der Waals surface area contributed by atoms with Crippen molar-refractivity contribution in [2.75, 3.05) is 0 Å². The summed E-state index contributed by atoms with van der Waals surface area (Å²) in [5.74, 6) is 0. The second kappa shape index (κ2) is 6.17. The minimum atomic E-state index is 1.19. The molecule has 0 spiro atoms. The van der Waals surface area contributed by atoms with Crippen LogP contribution in [0, 0.1) is 0 Å². The standard InChI is InChI=1S/C13H14S/c1-3-5-7-12(4-2)9-10-13-8-6-11-14-13/h3-11H,1H2,2H3/b7-5-,10-9+,12-4+. The van der Waals surface area contributed by atoms with Crippen molar-refractivity contribution in [2.24, 2.45) is 0 Å². The van der Waals surface area contributed by atoms with Crippen molar-refractivity contribution in [3.8, 4) is 0 Å². The predicted molar refractivity (Wildman–Crippen MR) is 66.4 cm³/mol. The third-order valence-electron chi connectivity index (χ3n) is 1.74. The van der Waals surface area contributed by atoms with Crippen molar-refractivity contribution in [1.82, 2.24) is 0 Å². The first-order valence-corrected chi connectivity index (χ1v) is 5.42. The molecule has 0 fully saturated rings. The van der Waals surface area contributed by atoms with Gasteiger partial charge in [0.2, 0.25) is 0 Å². The van der Waals surface area contributed by atoms with Crippen LogP contribution in [0.5, 0.6) is 0 Å². The minimum Gasteiger partial charge on any atom is -0.144 e. The Hall–Kier alpha value is -1.34. The van der Waals surface area contributed by atoms with Crippen LogP contribution >= 0.6 is 11.3 Å². The van der Waals surface area contributed by atoms with Gasteiger partial charge in [-0.3, -0.25) is 0 Å². The van der Waals surface area contributed by atoms with Crippen LogP contribution in [0.25, 0.3) is 6.08 Å². The predicted octanol–water partition coefficient (Wildman–Crippen LogP) is 4.45. The van der Waals surface area contributed by atoms with Crippen molar-refractivity contribution >= 4 is 17.4 Å². The molecule has 0 amide bonds. The molecule has 72 valence electrons. The zero-order valence-electron chi connectivity index (χ0n) is 8.31. The summed E-state index contributed by atoms with van der Waals surface area (Å²) in [6, 6.07) is 4.16. The minimum absolute atomic E-state index is 1.19. The molecule has 0 aromatic carbocycles. The summed E-state index contributed by atoms with van der Waals surface area (Å²) in [4.78, 5) is 1.27. The van der Waals surface area contributed by atoms with Crippen molar-refractivity contribution in [3.05, 3.63) is 64.9 Å². The number of hydrogen-bond donors (Lipinski definition) is 0. The second-order valence-electron chi connectivity index (χ2n) is 2.73. The highest BCUT2D eigenvalue weighted by molar-refractivity contribution is 7.10. The Balaban J connectivity index is 2.66. The SMILES string of the molecule is C=C\C=C/C(/C=C/c1cccs1)=C\C. The van der Waals surface area contributed by atoms with Gasteiger partial charge >= 0.3 is 0 Å². The molecule has 1 heteroatoms. The van der Waals surface area contributed by atoms with Crippen molar-refractivity contribution < 1.29 is 0 Å². The van der Waals surface area contributed by atoms with Crippen LogP contribution in [0.2, 0.25) is 0 Å². The van der Waals surface area contributed by atoms with Crippen molar-refractivity contribution in [1.29, 1.82) is 0 Å². The highest BCUT2D eigenvalue weighted by Gasteiger charge is 1.86. The second-order valence-corrected chi connectivity index (χ2v) is 3.71. The van der Waals surface area contributed by atoms with Gasteiger partial charge in [-0.05, 0) is 30.0 Å². The lowest BCUT2D eigenvalue weighted by atomic mass is 10.2. The van der Waals surface area contributed by atoms with Crippen molar-refractivity contribution in [2.45, 2.75) is 6.92 Å². The Kier molecular flexibility index (Phi) is 4.73. The zero-order chi connectivity index (χ0) is 10.2. The zero-order valence-corrected chi connectivity index (χ0v) is 9.13. The first-order chi connectivity index (χ1) is 6.86. The van der Waals surface area contributed by atoms with Crippen LogP contribution in [0.1, 0.15) is 11.8 Å². The maximum Gasteiger partial charge on any atom is 0.0270 e. The Morgan fingerprint density at radius 1 is 1.43 bits per heavy atom. The van der Waals surface area contributed by atoms with Crippen LogP contribution in [0.4, 0.5) is 0 Å². The molecule has 14 heavy (non-hydrogen) atoms. The molecule has 0 saturated heterocycles. The summed E-state index contributed by atoms with van der Waals surface area (Å²) in [5.41, 5.74) is 1.19. The first-order valence-electron chi connectivity index (χ1n) is 4.54. The van der Waals surface area contributed by atoms with E-state index in [9.17, 15) is 0 Å². The van der Waals surface area contributed by atoms with Gasteiger partial charge in [0.1, 0.15) is 0 Å². The average molecular weight is 202 g/mol. The topological polar surface area (TPSA) is 0 Å². The fourth-order valence-electron chi connectivity index (χ4n) is 0.992. The van der Waals surface area contributed by atoms with E-state index in [0.29, 0.717) is 0 Å². The molecule has 0 aliphatic carbocycles. The highest BCUT2D eigenvalue weighted by Crippen LogP contribution is 2.12. The number of hydrogen-bond acceptors (Lipinski definition) is 1. The Morgan fingerprint density at radius 2 is 2.29 bits per heavy atom. The lowest BCUT2D eigenvalue weighted by Gasteiger charge is -1.90. The third-order valence-corrected chi connectivity index (χ3v) is 2.58. The van der Waals surface area contributed by atoms with Gasteiger partial charge in [-0.25, -0.2) is 0 Å². The number of allylic oxidation sites excluding steroid dienone is 6. The van der Waals surface area contributed by atoms with Crippen LogP contribution in [-0.2, 0) is 0 Å². The van der Waals surface area contributed by atoms with E-state index >= 15 is 0 Å². The summed E-state index contributed by atoms with van der Waals surface area (Å²) < 4.78 is 0. The quantitative estimate of drug-likeness (QED) is 0.633. The highest BCUT2D eigenvalue weighted by atomic mass is 32.1. The Morgan fingerprint density at radius 3 is 2.86 bits per heavy atom. The fraction of sp³-hybridized carbons (Fsp3) is 0.0769. The van der Waals surface area contributed by atoms with Crippen molar-refractivity contribution in [3.63, 3.8) is 0 Å². The van der Waals surface area contributed by atoms with Crippen LogP contribution < -0.4 is 0 Å². The largest absolute Gasteiger partial charge is 0.144 e. The van der Waals surface area contributed by atoms with Crippen LogP contribution in [-0.4, -0.2) is 0 Å². The molecule has 0 N–H and O–H groups in total. The molecule has 1 aromatic heterocycles. The van der Waals surface area contributed by atoms with E-state index in [2.05, 4.69) is 42.3 Å². The fourth-order valence-corrected chi connectivity index (χ4v) is 1.61. The summed E-state index contributed by atoms with van der Waals surface area (Å²) in [6.45, 7) is 5.67. The lowest BCUT2D eigenvalue weighted by Crippen LogP contribution is -1.68. The number of rotatable bonds is 4. The molecule has 0 aliphatic heterocycles. The summed E-state index contributed by atoms with van der Waals surface area (Å²) in [6.07, 6.45) is 12.1. The van der Waals surface area contributed by atoms with Gasteiger partial charge in [-0.1, -0.05) is 43.0 Å². The van der Waals surface area contributed by atoms with Gasteiger partial charge < -0.3 is 0 Å². The molecule has 0 aliphatic rings. The molecule has 0 bridgehead atoms. The van der Waals surface area contributed by atoms with Gasteiger partial charge in [0.25, 0.3) is 0 Å². The monoisotopic (exact) mass is 202 g/mol. The maximum atomic E-state index is 3.64. The normalized spacial score (nSPS) is 12.8. The first kappa shape index (κ1) is 10.7. The molecule has 0 saturated carbocycles. The molecule has 0 radical (unpaired) electrons. The average Bonchev–Trinajstić information content (AvgIpc) is 2.71. The van der Waals surface area contributed by atoms with Gasteiger partial charge in [0.15, 0.2) is 0 Å². The molecule has 0 unspecified atom stereocenters. The van der Waals surface area contributed by atoms with Crippen LogP contribution in [0.3, 0.4) is 0 Å². The third kappa shape index (κ3) is 3.58. The van der Waals surface area contributed by atoms with Gasteiger partial charge in [0.05, 0.1) is 0 Å². The smallest absolute Gasteiger partial charge is 0.0270 e. The summed E-state index contributed by atoms with van der Waals surface area (Å²) >= 11 is 1.74. The molecule has 0 nitrogen and oxygen atoms in total. The van der Waals surface area contributed by atoms with E-state index in [4.69, 9.17) is 0 Å².